The second kappa shape index (κ2) is 7.69. The Balaban J connectivity index is 2.88. The smallest absolute Gasteiger partial charge is 0.335 e. The van der Waals surface area contributed by atoms with Crippen molar-refractivity contribution in [1.29, 1.82) is 0 Å². The molecule has 0 saturated carbocycles. The summed E-state index contributed by atoms with van der Waals surface area (Å²) < 4.78 is 31.0. The normalized spacial score (nSPS) is 12.0. The summed E-state index contributed by atoms with van der Waals surface area (Å²) in [5.74, 6) is -0.519. The number of benzene rings is 1. The number of nitrogens with one attached hydrogen (secondary N) is 1. The van der Waals surface area contributed by atoms with Crippen LogP contribution in [0.4, 0.5) is 0 Å². The van der Waals surface area contributed by atoms with Gasteiger partial charge in [-0.3, -0.25) is 4.72 Å². The maximum Gasteiger partial charge on any atom is 0.335 e. The molecule has 1 rings (SSSR count). The van der Waals surface area contributed by atoms with Gasteiger partial charge in [-0.1, -0.05) is 31.5 Å². The average Bonchev–Trinajstić information content (AvgIpc) is 2.47. The second-order valence-electron chi connectivity index (χ2n) is 4.20. The summed E-state index contributed by atoms with van der Waals surface area (Å²) in [5.41, 5.74) is 0.314. The first-order valence-electron chi connectivity index (χ1n) is 6.36. The van der Waals surface area contributed by atoms with E-state index in [1.807, 2.05) is 6.92 Å². The summed E-state index contributed by atoms with van der Waals surface area (Å²) in [4.78, 5) is 11.7. The zero-order valence-corrected chi connectivity index (χ0v) is 12.4. The molecule has 0 radical (unpaired) electrons. The van der Waals surface area contributed by atoms with Gasteiger partial charge in [-0.2, -0.15) is 0 Å². The van der Waals surface area contributed by atoms with Crippen LogP contribution in [-0.2, 0) is 19.6 Å². The average molecular weight is 297 g/mol. The van der Waals surface area contributed by atoms with Gasteiger partial charge in [0.1, 0.15) is 0 Å². The fourth-order valence-corrected chi connectivity index (χ4v) is 2.50. The van der Waals surface area contributed by atoms with E-state index in [-0.39, 0.29) is 4.90 Å². The van der Waals surface area contributed by atoms with E-state index in [1.165, 1.54) is 25.4 Å². The minimum Gasteiger partial charge on any atom is -0.466 e. The van der Waals surface area contributed by atoms with Crippen molar-refractivity contribution in [2.75, 3.05) is 7.11 Å². The molecule has 0 spiro atoms. The molecule has 0 saturated heterocycles. The molecule has 0 aliphatic rings. The van der Waals surface area contributed by atoms with Gasteiger partial charge in [0.15, 0.2) is 0 Å². The van der Waals surface area contributed by atoms with Gasteiger partial charge in [0.2, 0.25) is 0 Å². The lowest BCUT2D eigenvalue weighted by molar-refractivity contribution is -0.136. The molecule has 1 N–H and O–H groups in total. The minimum absolute atomic E-state index is 0.149. The molecule has 0 atom stereocenters. The van der Waals surface area contributed by atoms with Crippen LogP contribution in [-0.4, -0.2) is 21.5 Å². The molecule has 5 nitrogen and oxygen atoms in total. The lowest BCUT2D eigenvalue weighted by Crippen LogP contribution is -2.20. The predicted octanol–water partition coefficient (Wildman–Crippen LogP) is 2.21. The number of carbonyl (C=O) groups is 1. The van der Waals surface area contributed by atoms with Gasteiger partial charge in [0.25, 0.3) is 10.0 Å². The second-order valence-corrected chi connectivity index (χ2v) is 5.91. The molecule has 20 heavy (non-hydrogen) atoms. The molecule has 0 fully saturated rings. The molecule has 0 unspecified atom stereocenters. The first-order chi connectivity index (χ1) is 9.51. The minimum atomic E-state index is -3.66. The highest BCUT2D eigenvalue weighted by molar-refractivity contribution is 7.89. The van der Waals surface area contributed by atoms with Gasteiger partial charge in [-0.25, -0.2) is 13.2 Å². The number of rotatable bonds is 7. The van der Waals surface area contributed by atoms with E-state index in [9.17, 15) is 13.2 Å². The van der Waals surface area contributed by atoms with E-state index in [0.717, 1.165) is 12.8 Å². The van der Waals surface area contributed by atoms with Crippen LogP contribution in [0.2, 0.25) is 0 Å². The third-order valence-corrected chi connectivity index (χ3v) is 4.01. The number of esters is 1. The van der Waals surface area contributed by atoms with Crippen molar-refractivity contribution in [3.05, 3.63) is 42.1 Å². The zero-order chi connectivity index (χ0) is 15.0. The zero-order valence-electron chi connectivity index (χ0n) is 11.6. The fraction of sp³-hybridized carbons (Fsp3) is 0.357. The van der Waals surface area contributed by atoms with Crippen LogP contribution in [0.1, 0.15) is 26.2 Å². The van der Waals surface area contributed by atoms with Crippen molar-refractivity contribution in [1.82, 2.24) is 4.72 Å². The Bertz CT molecular complexity index is 564. The number of sulfonamides is 1. The highest BCUT2D eigenvalue weighted by atomic mass is 32.2. The van der Waals surface area contributed by atoms with Gasteiger partial charge >= 0.3 is 5.97 Å². The highest BCUT2D eigenvalue weighted by Gasteiger charge is 2.14. The largest absolute Gasteiger partial charge is 0.466 e. The molecule has 0 aromatic heterocycles. The maximum atomic E-state index is 12.0. The third kappa shape index (κ3) is 4.70. The Morgan fingerprint density at radius 3 is 2.50 bits per heavy atom. The number of methoxy groups -OCH3 is 1. The van der Waals surface area contributed by atoms with Gasteiger partial charge in [0, 0.05) is 6.20 Å². The van der Waals surface area contributed by atoms with Crippen molar-refractivity contribution >= 4 is 16.0 Å². The van der Waals surface area contributed by atoms with Gasteiger partial charge in [-0.05, 0) is 25.0 Å². The van der Waals surface area contributed by atoms with Crippen LogP contribution in [0.25, 0.3) is 0 Å². The first-order valence-corrected chi connectivity index (χ1v) is 7.84. The van der Waals surface area contributed by atoms with Crippen LogP contribution < -0.4 is 4.72 Å². The molecule has 110 valence electrons. The Labute approximate surface area is 119 Å². The first kappa shape index (κ1) is 16.2. The number of ether oxygens (including phenoxy) is 1. The molecule has 1 aromatic rings. The van der Waals surface area contributed by atoms with Crippen LogP contribution >= 0.6 is 0 Å². The predicted molar refractivity (Wildman–Crippen MR) is 76.4 cm³/mol. The van der Waals surface area contributed by atoms with Crippen molar-refractivity contribution in [3.8, 4) is 0 Å². The topological polar surface area (TPSA) is 72.5 Å². The summed E-state index contributed by atoms with van der Waals surface area (Å²) in [6, 6.07) is 7.98. The summed E-state index contributed by atoms with van der Waals surface area (Å²) in [5, 5.41) is 0. The van der Waals surface area contributed by atoms with E-state index < -0.39 is 16.0 Å². The van der Waals surface area contributed by atoms with Crippen molar-refractivity contribution in [2.45, 2.75) is 31.1 Å². The highest BCUT2D eigenvalue weighted by Crippen LogP contribution is 2.11. The third-order valence-electron chi connectivity index (χ3n) is 2.69. The lowest BCUT2D eigenvalue weighted by atomic mass is 10.1. The number of carbonyl (C=O) groups excluding carboxylic acids is 1. The molecule has 1 aromatic carbocycles. The Morgan fingerprint density at radius 1 is 1.30 bits per heavy atom. The van der Waals surface area contributed by atoms with E-state index in [2.05, 4.69) is 9.46 Å². The standard InChI is InChI=1S/C14H19NO4S/c1-3-4-8-12(14(16)19-2)11-15-20(17,18)13-9-6-5-7-10-13/h5-7,9-11,15H,3-4,8H2,1-2H3. The van der Waals surface area contributed by atoms with E-state index >= 15 is 0 Å². The van der Waals surface area contributed by atoms with E-state index in [1.54, 1.807) is 18.2 Å². The summed E-state index contributed by atoms with van der Waals surface area (Å²) in [6.45, 7) is 1.99. The molecule has 0 amide bonds. The van der Waals surface area contributed by atoms with Gasteiger partial charge in [-0.15, -0.1) is 0 Å². The van der Waals surface area contributed by atoms with E-state index in [0.29, 0.717) is 12.0 Å². The molecule has 0 aliphatic heterocycles. The van der Waals surface area contributed by atoms with Crippen molar-refractivity contribution in [2.24, 2.45) is 0 Å². The Hall–Kier alpha value is -1.82. The fourth-order valence-electron chi connectivity index (χ4n) is 1.55. The molecular weight excluding hydrogens is 278 g/mol. The monoisotopic (exact) mass is 297 g/mol. The van der Waals surface area contributed by atoms with Crippen LogP contribution in [0.15, 0.2) is 47.0 Å². The molecule has 0 bridgehead atoms. The Morgan fingerprint density at radius 2 is 1.95 bits per heavy atom. The molecular formula is C14H19NO4S. The molecule has 6 heteroatoms. The van der Waals surface area contributed by atoms with Crippen LogP contribution in [0, 0.1) is 0 Å². The number of unbranched alkanes of at least 4 members (excludes halogenated alkanes) is 1. The quantitative estimate of drug-likeness (QED) is 0.618. The van der Waals surface area contributed by atoms with Gasteiger partial charge < -0.3 is 4.74 Å². The number of hydrogen-bond acceptors (Lipinski definition) is 4. The van der Waals surface area contributed by atoms with Crippen LogP contribution in [0.3, 0.4) is 0 Å². The number of hydrogen-bond donors (Lipinski definition) is 1. The van der Waals surface area contributed by atoms with Crippen LogP contribution in [0.5, 0.6) is 0 Å². The van der Waals surface area contributed by atoms with Gasteiger partial charge in [0.05, 0.1) is 17.6 Å². The lowest BCUT2D eigenvalue weighted by Gasteiger charge is -2.07. The Kier molecular flexibility index (Phi) is 6.24. The summed E-state index contributed by atoms with van der Waals surface area (Å²) in [6.07, 6.45) is 3.37. The molecule has 0 heterocycles. The molecule has 0 aliphatic carbocycles. The van der Waals surface area contributed by atoms with Crippen molar-refractivity contribution in [3.63, 3.8) is 0 Å². The van der Waals surface area contributed by atoms with Crippen molar-refractivity contribution < 1.29 is 17.9 Å². The summed E-state index contributed by atoms with van der Waals surface area (Å²) >= 11 is 0. The van der Waals surface area contributed by atoms with E-state index in [4.69, 9.17) is 0 Å². The maximum absolute atomic E-state index is 12.0. The SMILES string of the molecule is CCCCC(=CNS(=O)(=O)c1ccccc1)C(=O)OC. The summed E-state index contributed by atoms with van der Waals surface area (Å²) in [7, 11) is -2.38.